The van der Waals surface area contributed by atoms with E-state index in [0.29, 0.717) is 12.2 Å². The Balaban J connectivity index is 0.000000450. The Morgan fingerprint density at radius 2 is 1.72 bits per heavy atom. The molecule has 0 atom stereocenters. The highest BCUT2D eigenvalue weighted by Gasteiger charge is 2.04. The molecule has 0 amide bonds. The van der Waals surface area contributed by atoms with Gasteiger partial charge in [-0.1, -0.05) is 24.8 Å². The van der Waals surface area contributed by atoms with Crippen molar-refractivity contribution in [2.75, 3.05) is 12.3 Å². The summed E-state index contributed by atoms with van der Waals surface area (Å²) in [6, 6.07) is 11.8. The predicted octanol–water partition coefficient (Wildman–Crippen LogP) is 4.04. The molecule has 2 rings (SSSR count). The van der Waals surface area contributed by atoms with Crippen LogP contribution in [0, 0.1) is 0 Å². The Labute approximate surface area is 147 Å². The van der Waals surface area contributed by atoms with E-state index in [4.69, 9.17) is 15.6 Å². The van der Waals surface area contributed by atoms with Gasteiger partial charge in [-0.2, -0.15) is 0 Å². The van der Waals surface area contributed by atoms with Gasteiger partial charge < -0.3 is 15.6 Å². The predicted molar refractivity (Wildman–Crippen MR) is 101 cm³/mol. The first-order chi connectivity index (χ1) is 11.7. The number of carboxylic acids is 1. The number of rotatable bonds is 4. The van der Waals surface area contributed by atoms with Crippen LogP contribution < -0.4 is 5.73 Å². The molecule has 5 nitrogen and oxygen atoms in total. The first kappa shape index (κ1) is 20.0. The molecule has 132 valence electrons. The molecule has 0 aromatic heterocycles. The molecule has 0 heterocycles. The lowest BCUT2D eigenvalue weighted by molar-refractivity contribution is -0.138. The van der Waals surface area contributed by atoms with Gasteiger partial charge in [0.1, 0.15) is 0 Å². The molecule has 0 spiro atoms. The first-order valence-corrected chi connectivity index (χ1v) is 7.78. The third kappa shape index (κ3) is 6.51. The summed E-state index contributed by atoms with van der Waals surface area (Å²) in [6.07, 6.45) is 1.83. The summed E-state index contributed by atoms with van der Waals surface area (Å²) in [6.45, 7) is 8.54. The summed E-state index contributed by atoms with van der Waals surface area (Å²) in [5.74, 6) is -1.21. The maximum Gasteiger partial charge on any atom is 0.333 e. The monoisotopic (exact) mass is 341 g/mol. The summed E-state index contributed by atoms with van der Waals surface area (Å²) in [4.78, 5) is 21.1. The summed E-state index contributed by atoms with van der Waals surface area (Å²) >= 11 is 0. The SMILES string of the molecule is C=C(C)C(=O)O.CCOC(=O)/C(C)=C/c1ccc2cc(N)ccc2c1. The maximum atomic E-state index is 11.5. The van der Waals surface area contributed by atoms with Crippen LogP contribution in [-0.2, 0) is 14.3 Å². The maximum absolute atomic E-state index is 11.5. The molecule has 0 fully saturated rings. The van der Waals surface area contributed by atoms with Crippen LogP contribution in [-0.4, -0.2) is 23.7 Å². The molecular formula is C20H23NO4. The minimum Gasteiger partial charge on any atom is -0.478 e. The Bertz CT molecular complexity index is 810. The number of esters is 1. The number of hydrogen-bond donors (Lipinski definition) is 2. The van der Waals surface area contributed by atoms with Crippen molar-refractivity contribution < 1.29 is 19.4 Å². The summed E-state index contributed by atoms with van der Waals surface area (Å²) < 4.78 is 4.96. The minimum atomic E-state index is -0.935. The number of carboxylic acid groups (broad SMARTS) is 1. The standard InChI is InChI=1S/C16H17NO2.C4H6O2/c1-3-19-16(18)11(2)8-12-4-5-14-10-15(17)7-6-13(14)9-12;1-3(2)4(5)6/h4-10H,3,17H2,1-2H3;1H2,2H3,(H,5,6)/b11-8+;. The van der Waals surface area contributed by atoms with Gasteiger partial charge in [-0.3, -0.25) is 0 Å². The van der Waals surface area contributed by atoms with Crippen molar-refractivity contribution in [3.8, 4) is 0 Å². The fourth-order valence-electron chi connectivity index (χ4n) is 1.93. The van der Waals surface area contributed by atoms with E-state index in [1.54, 1.807) is 13.8 Å². The number of benzene rings is 2. The molecule has 0 saturated heterocycles. The van der Waals surface area contributed by atoms with E-state index in [9.17, 15) is 9.59 Å². The van der Waals surface area contributed by atoms with Gasteiger partial charge in [-0.25, -0.2) is 9.59 Å². The van der Waals surface area contributed by atoms with Gasteiger partial charge in [0.25, 0.3) is 0 Å². The van der Waals surface area contributed by atoms with Crippen molar-refractivity contribution in [1.29, 1.82) is 0 Å². The summed E-state index contributed by atoms with van der Waals surface area (Å²) in [5, 5.41) is 10.1. The highest BCUT2D eigenvalue weighted by Crippen LogP contribution is 2.20. The van der Waals surface area contributed by atoms with Gasteiger partial charge in [-0.15, -0.1) is 0 Å². The smallest absolute Gasteiger partial charge is 0.333 e. The number of ether oxygens (including phenoxy) is 1. The Kier molecular flexibility index (Phi) is 7.41. The van der Waals surface area contributed by atoms with E-state index in [1.165, 1.54) is 6.92 Å². The molecule has 0 unspecified atom stereocenters. The summed E-state index contributed by atoms with van der Waals surface area (Å²) in [5.41, 5.74) is 8.24. The van der Waals surface area contributed by atoms with Crippen LogP contribution >= 0.6 is 0 Å². The highest BCUT2D eigenvalue weighted by atomic mass is 16.5. The van der Waals surface area contributed by atoms with Crippen molar-refractivity contribution in [2.24, 2.45) is 0 Å². The fraction of sp³-hybridized carbons (Fsp3) is 0.200. The molecule has 5 heteroatoms. The molecule has 0 radical (unpaired) electrons. The zero-order valence-electron chi connectivity index (χ0n) is 14.7. The zero-order chi connectivity index (χ0) is 19.0. The van der Waals surface area contributed by atoms with Crippen LogP contribution in [0.15, 0.2) is 54.1 Å². The Morgan fingerprint density at radius 1 is 1.16 bits per heavy atom. The van der Waals surface area contributed by atoms with Gasteiger partial charge in [0.05, 0.1) is 6.61 Å². The Morgan fingerprint density at radius 3 is 2.28 bits per heavy atom. The second-order valence-corrected chi connectivity index (χ2v) is 5.50. The molecule has 0 aliphatic heterocycles. The van der Waals surface area contributed by atoms with Crippen LogP contribution in [0.1, 0.15) is 26.3 Å². The molecule has 3 N–H and O–H groups in total. The second-order valence-electron chi connectivity index (χ2n) is 5.50. The van der Waals surface area contributed by atoms with Gasteiger partial charge in [0, 0.05) is 16.8 Å². The third-order valence-electron chi connectivity index (χ3n) is 3.23. The van der Waals surface area contributed by atoms with Gasteiger partial charge in [-0.05, 0) is 61.4 Å². The van der Waals surface area contributed by atoms with Crippen LogP contribution in [0.5, 0.6) is 0 Å². The van der Waals surface area contributed by atoms with E-state index in [2.05, 4.69) is 6.58 Å². The van der Waals surface area contributed by atoms with Crippen molar-refractivity contribution in [1.82, 2.24) is 0 Å². The molecule has 0 bridgehead atoms. The van der Waals surface area contributed by atoms with E-state index in [1.807, 2.05) is 42.5 Å². The number of aliphatic carboxylic acids is 1. The number of fused-ring (bicyclic) bond motifs is 1. The van der Waals surface area contributed by atoms with Crippen molar-refractivity contribution in [2.45, 2.75) is 20.8 Å². The molecule has 2 aromatic rings. The van der Waals surface area contributed by atoms with E-state index in [0.717, 1.165) is 22.0 Å². The quantitative estimate of drug-likeness (QED) is 0.498. The zero-order valence-corrected chi connectivity index (χ0v) is 14.7. The lowest BCUT2D eigenvalue weighted by Crippen LogP contribution is -2.04. The molecule has 0 aliphatic carbocycles. The van der Waals surface area contributed by atoms with E-state index in [-0.39, 0.29) is 11.5 Å². The van der Waals surface area contributed by atoms with E-state index >= 15 is 0 Å². The topological polar surface area (TPSA) is 89.6 Å². The normalized spacial score (nSPS) is 10.6. The number of hydrogen-bond acceptors (Lipinski definition) is 4. The average Bonchev–Trinajstić information content (AvgIpc) is 2.55. The third-order valence-corrected chi connectivity index (χ3v) is 3.23. The first-order valence-electron chi connectivity index (χ1n) is 7.78. The van der Waals surface area contributed by atoms with Crippen molar-refractivity contribution in [3.63, 3.8) is 0 Å². The molecule has 0 saturated carbocycles. The van der Waals surface area contributed by atoms with Crippen molar-refractivity contribution >= 4 is 34.5 Å². The molecule has 0 aliphatic rings. The van der Waals surface area contributed by atoms with Gasteiger partial charge in [0.15, 0.2) is 0 Å². The second kappa shape index (κ2) is 9.27. The van der Waals surface area contributed by atoms with Crippen molar-refractivity contribution in [3.05, 3.63) is 59.7 Å². The van der Waals surface area contributed by atoms with Crippen LogP contribution in [0.25, 0.3) is 16.8 Å². The molecular weight excluding hydrogens is 318 g/mol. The molecule has 2 aromatic carbocycles. The largest absolute Gasteiger partial charge is 0.478 e. The lowest BCUT2D eigenvalue weighted by atomic mass is 10.0. The van der Waals surface area contributed by atoms with Gasteiger partial charge >= 0.3 is 11.9 Å². The highest BCUT2D eigenvalue weighted by molar-refractivity contribution is 5.94. The van der Waals surface area contributed by atoms with Crippen LogP contribution in [0.2, 0.25) is 0 Å². The molecule has 25 heavy (non-hydrogen) atoms. The van der Waals surface area contributed by atoms with Crippen LogP contribution in [0.3, 0.4) is 0 Å². The number of nitrogens with two attached hydrogens (primary N) is 1. The average molecular weight is 341 g/mol. The minimum absolute atomic E-state index is 0.176. The fourth-order valence-corrected chi connectivity index (χ4v) is 1.93. The van der Waals surface area contributed by atoms with Crippen LogP contribution in [0.4, 0.5) is 5.69 Å². The summed E-state index contributed by atoms with van der Waals surface area (Å²) in [7, 11) is 0. The number of carbonyl (C=O) groups excluding carboxylic acids is 1. The van der Waals surface area contributed by atoms with E-state index < -0.39 is 5.97 Å². The van der Waals surface area contributed by atoms with Gasteiger partial charge in [0.2, 0.25) is 0 Å². The number of anilines is 1. The lowest BCUT2D eigenvalue weighted by Gasteiger charge is -2.04. The number of carbonyl (C=O) groups is 2. The Hall–Kier alpha value is -3.08. The number of nitrogen functional groups attached to an aromatic ring is 1.